The van der Waals surface area contributed by atoms with Gasteiger partial charge in [0.2, 0.25) is 0 Å². The van der Waals surface area contributed by atoms with Crippen LogP contribution < -0.4 is 15.5 Å². The quantitative estimate of drug-likeness (QED) is 0.0712. The standard InChI is InChI=1S/C34H41N7O5/c1-4-6-7-10-19-46-34(45)39-31(35)24-12-15-26(16-13-24)37-21-30-38-27-20-25(14-17-28(27)40(30)3)32(42)41(22-23(5-2)33(43)44)29-11-8-9-18-36-29/h8-9,11-18,20,23,37H,4-7,10,19,21-22H2,1-3H3,(H,43,44)(H2,35,39,45). The first-order valence-corrected chi connectivity index (χ1v) is 15.5. The molecule has 0 bridgehead atoms. The molecule has 2 aromatic carbocycles. The number of nitrogens with zero attached hydrogens (tertiary/aromatic N) is 4. The van der Waals surface area contributed by atoms with E-state index in [0.29, 0.717) is 42.0 Å². The number of amidine groups is 1. The fraction of sp³-hybridized carbons (Fsp3) is 0.353. The number of carboxylic acid groups (broad SMARTS) is 1. The Balaban J connectivity index is 1.41. The molecule has 0 saturated carbocycles. The summed E-state index contributed by atoms with van der Waals surface area (Å²) in [4.78, 5) is 47.9. The number of carbonyl (C=O) groups is 3. The van der Waals surface area contributed by atoms with Crippen molar-refractivity contribution in [1.29, 1.82) is 5.41 Å². The van der Waals surface area contributed by atoms with E-state index in [-0.39, 0.29) is 18.3 Å². The molecule has 242 valence electrons. The summed E-state index contributed by atoms with van der Waals surface area (Å²) < 4.78 is 7.09. The van der Waals surface area contributed by atoms with Gasteiger partial charge in [-0.25, -0.2) is 14.8 Å². The molecule has 0 radical (unpaired) electrons. The highest BCUT2D eigenvalue weighted by atomic mass is 16.5. The summed E-state index contributed by atoms with van der Waals surface area (Å²) in [5, 5.41) is 23.6. The van der Waals surface area contributed by atoms with Crippen molar-refractivity contribution < 1.29 is 24.2 Å². The molecule has 12 heteroatoms. The zero-order valence-electron chi connectivity index (χ0n) is 26.5. The average molecular weight is 628 g/mol. The number of alkyl carbamates (subject to hydrolysis) is 1. The third-order valence-corrected chi connectivity index (χ3v) is 7.72. The Labute approximate surface area is 268 Å². The SMILES string of the molecule is CCCCCCOC(=O)NC(=N)c1ccc(NCc2nc3cc(C(=O)N(CC(CC)C(=O)O)c4ccccn4)ccc3n2C)cc1. The summed E-state index contributed by atoms with van der Waals surface area (Å²) in [7, 11) is 1.89. The molecule has 4 N–H and O–H groups in total. The highest BCUT2D eigenvalue weighted by Gasteiger charge is 2.26. The van der Waals surface area contributed by atoms with Crippen molar-refractivity contribution in [3.8, 4) is 0 Å². The van der Waals surface area contributed by atoms with Crippen LogP contribution in [-0.4, -0.2) is 56.6 Å². The van der Waals surface area contributed by atoms with Crippen LogP contribution in [-0.2, 0) is 23.1 Å². The Morgan fingerprint density at radius 2 is 1.78 bits per heavy atom. The number of amides is 2. The number of unbranched alkanes of at least 4 members (excludes halogenated alkanes) is 3. The maximum atomic E-state index is 13.7. The monoisotopic (exact) mass is 627 g/mol. The number of ether oxygens (including phenoxy) is 1. The van der Waals surface area contributed by atoms with Crippen molar-refractivity contribution in [2.24, 2.45) is 13.0 Å². The number of benzene rings is 2. The maximum Gasteiger partial charge on any atom is 0.412 e. The summed E-state index contributed by atoms with van der Waals surface area (Å²) in [5.74, 6) is -0.983. The van der Waals surface area contributed by atoms with Crippen LogP contribution in [0.1, 0.15) is 67.7 Å². The molecule has 0 aliphatic heterocycles. The number of hydrogen-bond acceptors (Lipinski definition) is 8. The van der Waals surface area contributed by atoms with Gasteiger partial charge in [0.1, 0.15) is 17.5 Å². The predicted molar refractivity (Wildman–Crippen MR) is 177 cm³/mol. The first kappa shape index (κ1) is 33.6. The molecule has 0 fully saturated rings. The molecule has 4 aromatic rings. The molecular weight excluding hydrogens is 586 g/mol. The summed E-state index contributed by atoms with van der Waals surface area (Å²) in [6.45, 7) is 4.62. The van der Waals surface area contributed by atoms with Gasteiger partial charge < -0.3 is 19.7 Å². The molecule has 0 aliphatic carbocycles. The lowest BCUT2D eigenvalue weighted by molar-refractivity contribution is -0.141. The Hall–Kier alpha value is -5.26. The van der Waals surface area contributed by atoms with Gasteiger partial charge >= 0.3 is 12.1 Å². The first-order valence-electron chi connectivity index (χ1n) is 15.5. The predicted octanol–water partition coefficient (Wildman–Crippen LogP) is 5.97. The molecule has 0 aliphatic rings. The maximum absolute atomic E-state index is 13.7. The number of nitrogens with one attached hydrogen (secondary N) is 3. The molecule has 0 spiro atoms. The van der Waals surface area contributed by atoms with Gasteiger partial charge in [0.25, 0.3) is 5.91 Å². The molecule has 0 saturated heterocycles. The molecule has 2 heterocycles. The van der Waals surface area contributed by atoms with Crippen LogP contribution in [0, 0.1) is 11.3 Å². The van der Waals surface area contributed by atoms with Crippen molar-refractivity contribution >= 4 is 46.3 Å². The van der Waals surface area contributed by atoms with Crippen LogP contribution in [0.25, 0.3) is 11.0 Å². The van der Waals surface area contributed by atoms with Crippen LogP contribution in [0.3, 0.4) is 0 Å². The van der Waals surface area contributed by atoms with E-state index in [1.54, 1.807) is 55.6 Å². The van der Waals surface area contributed by atoms with Gasteiger partial charge in [-0.3, -0.25) is 25.2 Å². The van der Waals surface area contributed by atoms with Gasteiger partial charge in [0.05, 0.1) is 30.1 Å². The number of rotatable bonds is 15. The molecule has 4 rings (SSSR count). The fourth-order valence-corrected chi connectivity index (χ4v) is 4.93. The lowest BCUT2D eigenvalue weighted by atomic mass is 10.1. The van der Waals surface area contributed by atoms with Crippen LogP contribution in [0.2, 0.25) is 0 Å². The van der Waals surface area contributed by atoms with Crippen LogP contribution in [0.15, 0.2) is 66.9 Å². The highest BCUT2D eigenvalue weighted by Crippen LogP contribution is 2.22. The van der Waals surface area contributed by atoms with E-state index in [2.05, 4.69) is 22.5 Å². The third-order valence-electron chi connectivity index (χ3n) is 7.72. The minimum Gasteiger partial charge on any atom is -0.481 e. The van der Waals surface area contributed by atoms with Crippen molar-refractivity contribution in [1.82, 2.24) is 19.9 Å². The second-order valence-electron chi connectivity index (χ2n) is 11.0. The Morgan fingerprint density at radius 1 is 1.02 bits per heavy atom. The van der Waals surface area contributed by atoms with E-state index in [9.17, 15) is 19.5 Å². The van der Waals surface area contributed by atoms with Gasteiger partial charge in [0.15, 0.2) is 0 Å². The minimum absolute atomic E-state index is 0.00532. The Kier molecular flexibility index (Phi) is 11.8. The molecule has 2 aromatic heterocycles. The van der Waals surface area contributed by atoms with Crippen molar-refractivity contribution in [2.45, 2.75) is 52.5 Å². The molecular formula is C34H41N7O5. The lowest BCUT2D eigenvalue weighted by Gasteiger charge is -2.24. The number of hydrogen-bond donors (Lipinski definition) is 4. The minimum atomic E-state index is -0.966. The number of carboxylic acids is 1. The van der Waals surface area contributed by atoms with E-state index in [0.717, 1.165) is 42.7 Å². The van der Waals surface area contributed by atoms with E-state index in [4.69, 9.17) is 15.1 Å². The molecule has 1 atom stereocenters. The van der Waals surface area contributed by atoms with E-state index >= 15 is 0 Å². The number of aryl methyl sites for hydroxylation is 1. The number of pyridine rings is 1. The van der Waals surface area contributed by atoms with Crippen LogP contribution >= 0.6 is 0 Å². The summed E-state index contributed by atoms with van der Waals surface area (Å²) in [5.41, 5.74) is 3.18. The van der Waals surface area contributed by atoms with E-state index < -0.39 is 18.0 Å². The highest BCUT2D eigenvalue weighted by molar-refractivity contribution is 6.07. The van der Waals surface area contributed by atoms with Crippen molar-refractivity contribution in [3.63, 3.8) is 0 Å². The van der Waals surface area contributed by atoms with E-state index in [1.807, 2.05) is 29.8 Å². The second kappa shape index (κ2) is 16.2. The number of fused-ring (bicyclic) bond motifs is 1. The fourth-order valence-electron chi connectivity index (χ4n) is 4.93. The molecule has 2 amide bonds. The average Bonchev–Trinajstić information content (AvgIpc) is 3.38. The van der Waals surface area contributed by atoms with Gasteiger partial charge in [-0.05, 0) is 67.4 Å². The van der Waals surface area contributed by atoms with Crippen LogP contribution in [0.5, 0.6) is 0 Å². The topological polar surface area (TPSA) is 163 Å². The summed E-state index contributed by atoms with van der Waals surface area (Å²) >= 11 is 0. The van der Waals surface area contributed by atoms with E-state index in [1.165, 1.54) is 4.90 Å². The second-order valence-corrected chi connectivity index (χ2v) is 11.0. The molecule has 1 unspecified atom stereocenters. The van der Waals surface area contributed by atoms with Crippen molar-refractivity contribution in [3.05, 3.63) is 83.8 Å². The third kappa shape index (κ3) is 8.68. The number of imidazole rings is 1. The summed E-state index contributed by atoms with van der Waals surface area (Å²) in [6, 6.07) is 17.5. The van der Waals surface area contributed by atoms with Crippen LogP contribution in [0.4, 0.5) is 16.3 Å². The number of anilines is 2. The molecule has 12 nitrogen and oxygen atoms in total. The zero-order chi connectivity index (χ0) is 33.1. The van der Waals surface area contributed by atoms with Gasteiger partial charge in [0, 0.05) is 36.6 Å². The zero-order valence-corrected chi connectivity index (χ0v) is 26.5. The van der Waals surface area contributed by atoms with Gasteiger partial charge in [-0.2, -0.15) is 0 Å². The Morgan fingerprint density at radius 3 is 2.46 bits per heavy atom. The molecule has 46 heavy (non-hydrogen) atoms. The van der Waals surface area contributed by atoms with Crippen molar-refractivity contribution in [2.75, 3.05) is 23.4 Å². The first-order chi connectivity index (χ1) is 22.2. The normalized spacial score (nSPS) is 11.5. The summed E-state index contributed by atoms with van der Waals surface area (Å²) in [6.07, 6.45) is 5.32. The Bertz CT molecular complexity index is 1650. The number of carbonyl (C=O) groups excluding carboxylic acids is 2. The smallest absolute Gasteiger partial charge is 0.412 e. The van der Waals surface area contributed by atoms with Gasteiger partial charge in [-0.1, -0.05) is 39.2 Å². The van der Waals surface area contributed by atoms with Gasteiger partial charge in [-0.15, -0.1) is 0 Å². The lowest BCUT2D eigenvalue weighted by Crippen LogP contribution is -2.38. The largest absolute Gasteiger partial charge is 0.481 e. The number of aromatic nitrogens is 3. The number of aliphatic carboxylic acids is 1.